The van der Waals surface area contributed by atoms with Crippen molar-refractivity contribution in [2.75, 3.05) is 31.2 Å². The molecule has 2 aliphatic heterocycles. The number of benzene rings is 2. The molecule has 3 heterocycles. The second kappa shape index (κ2) is 10.4. The van der Waals surface area contributed by atoms with Gasteiger partial charge >= 0.3 is 0 Å². The maximum absolute atomic E-state index is 12.8. The summed E-state index contributed by atoms with van der Waals surface area (Å²) in [4.78, 5) is 20.1. The van der Waals surface area contributed by atoms with Crippen LogP contribution in [0.25, 0.3) is 16.7 Å². The van der Waals surface area contributed by atoms with Crippen molar-refractivity contribution in [2.24, 2.45) is 5.92 Å². The Labute approximate surface area is 216 Å². The van der Waals surface area contributed by atoms with Crippen LogP contribution >= 0.6 is 23.2 Å². The molecule has 1 N–H and O–H groups in total. The molecule has 0 radical (unpaired) electrons. The predicted octanol–water partition coefficient (Wildman–Crippen LogP) is 5.58. The molecule has 0 spiro atoms. The van der Waals surface area contributed by atoms with E-state index in [0.29, 0.717) is 16.7 Å². The van der Waals surface area contributed by atoms with Crippen molar-refractivity contribution in [3.8, 4) is 5.69 Å². The Bertz CT molecular complexity index is 1210. The average Bonchev–Trinajstić information content (AvgIpc) is 3.51. The van der Waals surface area contributed by atoms with E-state index >= 15 is 0 Å². The minimum absolute atomic E-state index is 0.0173. The fourth-order valence-corrected chi connectivity index (χ4v) is 5.43. The van der Waals surface area contributed by atoms with Crippen LogP contribution in [0.5, 0.6) is 0 Å². The van der Waals surface area contributed by atoms with E-state index in [0.717, 1.165) is 74.5 Å². The zero-order valence-electron chi connectivity index (χ0n) is 20.3. The summed E-state index contributed by atoms with van der Waals surface area (Å²) >= 11 is 12.8. The third-order valence-electron chi connectivity index (χ3n) is 7.22. The van der Waals surface area contributed by atoms with E-state index in [2.05, 4.69) is 46.8 Å². The Morgan fingerprint density at radius 2 is 1.71 bits per heavy atom. The van der Waals surface area contributed by atoms with Crippen molar-refractivity contribution >= 4 is 46.1 Å². The lowest BCUT2D eigenvalue weighted by atomic mass is 9.95. The van der Waals surface area contributed by atoms with Gasteiger partial charge in [-0.05, 0) is 67.5 Å². The summed E-state index contributed by atoms with van der Waals surface area (Å²) in [5.74, 6) is 1.04. The Morgan fingerprint density at radius 3 is 2.34 bits per heavy atom. The molecule has 2 aromatic carbocycles. The number of anilines is 1. The second-order valence-electron chi connectivity index (χ2n) is 9.55. The number of amides is 1. The molecule has 3 aromatic rings. The summed E-state index contributed by atoms with van der Waals surface area (Å²) in [6.45, 7) is 7.23. The normalized spacial score (nSPS) is 19.0. The van der Waals surface area contributed by atoms with Gasteiger partial charge in [-0.15, -0.1) is 0 Å². The number of nitrogens with zero attached hydrogens (tertiary/aromatic N) is 3. The highest BCUT2D eigenvalue weighted by Crippen LogP contribution is 2.35. The van der Waals surface area contributed by atoms with E-state index in [1.54, 1.807) is 0 Å². The van der Waals surface area contributed by atoms with Crippen LogP contribution in [0.2, 0.25) is 10.0 Å². The molecule has 0 bridgehead atoms. The fourth-order valence-electron chi connectivity index (χ4n) is 5.12. The summed E-state index contributed by atoms with van der Waals surface area (Å²) < 4.78 is 7.60. The van der Waals surface area contributed by atoms with Crippen LogP contribution in [0.1, 0.15) is 44.2 Å². The lowest BCUT2D eigenvalue weighted by Crippen LogP contribution is -2.44. The number of aromatic nitrogens is 2. The molecule has 1 amide bonds. The van der Waals surface area contributed by atoms with Crippen LogP contribution < -0.4 is 10.2 Å². The molecule has 1 unspecified atom stereocenters. The molecule has 0 aliphatic carbocycles. The van der Waals surface area contributed by atoms with Crippen molar-refractivity contribution in [3.05, 3.63) is 51.5 Å². The number of ether oxygens (including phenoxy) is 1. The first-order valence-electron chi connectivity index (χ1n) is 12.6. The Morgan fingerprint density at radius 1 is 1.03 bits per heavy atom. The second-order valence-corrected chi connectivity index (χ2v) is 10.4. The number of hydrogen-bond acceptors (Lipinski definition) is 4. The Kier molecular flexibility index (Phi) is 7.24. The van der Waals surface area contributed by atoms with E-state index in [4.69, 9.17) is 32.9 Å². The number of piperidine rings is 1. The number of rotatable bonds is 6. The number of nitrogens with one attached hydrogen (secondary N) is 1. The summed E-state index contributed by atoms with van der Waals surface area (Å²) in [6, 6.07) is 10.6. The summed E-state index contributed by atoms with van der Waals surface area (Å²) in [5.41, 5.74) is 5.41. The number of halogens is 2. The number of carbonyl (C=O) groups excluding carboxylic acids is 1. The zero-order chi connectivity index (χ0) is 24.5. The lowest BCUT2D eigenvalue weighted by Gasteiger charge is -2.33. The quantitative estimate of drug-likeness (QED) is 0.466. The maximum Gasteiger partial charge on any atom is 0.223 e. The topological polar surface area (TPSA) is 59.4 Å². The standard InChI is InChI=1S/C27H32Cl2N4O2/c1-3-17-11-18(4-2)13-21(12-17)33-25-15-23(29)22(28)14-24(25)31-27(33)32-8-5-19(6-9-32)26(34)30-20-7-10-35-16-20/h11-15,19-20H,3-10,16H2,1-2H3,(H,30,34). The molecule has 1 atom stereocenters. The molecule has 8 heteroatoms. The van der Waals surface area contributed by atoms with Crippen molar-refractivity contribution in [1.29, 1.82) is 0 Å². The molecular weight excluding hydrogens is 483 g/mol. The smallest absolute Gasteiger partial charge is 0.223 e. The molecule has 2 saturated heterocycles. The third kappa shape index (κ3) is 5.02. The minimum atomic E-state index is 0.0173. The molecule has 2 fully saturated rings. The largest absolute Gasteiger partial charge is 0.379 e. The number of hydrogen-bond donors (Lipinski definition) is 1. The number of imidazole rings is 1. The Hall–Kier alpha value is -2.28. The van der Waals surface area contributed by atoms with Crippen LogP contribution in [-0.4, -0.2) is 47.8 Å². The highest BCUT2D eigenvalue weighted by atomic mass is 35.5. The lowest BCUT2D eigenvalue weighted by molar-refractivity contribution is -0.126. The van der Waals surface area contributed by atoms with Crippen molar-refractivity contribution in [2.45, 2.75) is 52.0 Å². The SMILES string of the molecule is CCc1cc(CC)cc(-n2c(N3CCC(C(=O)NC4CCOC4)CC3)nc3cc(Cl)c(Cl)cc32)c1. The van der Waals surface area contributed by atoms with Gasteiger partial charge in [0.25, 0.3) is 0 Å². The maximum atomic E-state index is 12.8. The van der Waals surface area contributed by atoms with Gasteiger partial charge in [0, 0.05) is 31.3 Å². The first-order chi connectivity index (χ1) is 17.0. The summed E-state index contributed by atoms with van der Waals surface area (Å²) in [6.07, 6.45) is 4.40. The Balaban J connectivity index is 1.47. The van der Waals surface area contributed by atoms with Gasteiger partial charge in [0.15, 0.2) is 0 Å². The van der Waals surface area contributed by atoms with Crippen molar-refractivity contribution in [1.82, 2.24) is 14.9 Å². The molecule has 0 saturated carbocycles. The minimum Gasteiger partial charge on any atom is -0.379 e. The molecule has 2 aliphatic rings. The first-order valence-corrected chi connectivity index (χ1v) is 13.4. The van der Waals surface area contributed by atoms with Gasteiger partial charge < -0.3 is 15.0 Å². The van der Waals surface area contributed by atoms with Crippen molar-refractivity contribution in [3.63, 3.8) is 0 Å². The van der Waals surface area contributed by atoms with Gasteiger partial charge in [-0.1, -0.05) is 43.1 Å². The molecule has 6 nitrogen and oxygen atoms in total. The average molecular weight is 515 g/mol. The van der Waals surface area contributed by atoms with Crippen LogP contribution in [0.4, 0.5) is 5.95 Å². The van der Waals surface area contributed by atoms with Crippen molar-refractivity contribution < 1.29 is 9.53 Å². The van der Waals surface area contributed by atoms with Crippen LogP contribution in [-0.2, 0) is 22.4 Å². The van der Waals surface area contributed by atoms with E-state index in [9.17, 15) is 4.79 Å². The molecule has 5 rings (SSSR count). The van der Waals surface area contributed by atoms with Gasteiger partial charge in [-0.3, -0.25) is 9.36 Å². The van der Waals surface area contributed by atoms with E-state index in [1.807, 2.05) is 12.1 Å². The number of aryl methyl sites for hydroxylation is 2. The highest BCUT2D eigenvalue weighted by Gasteiger charge is 2.30. The zero-order valence-corrected chi connectivity index (χ0v) is 21.8. The van der Waals surface area contributed by atoms with E-state index < -0.39 is 0 Å². The van der Waals surface area contributed by atoms with Crippen LogP contribution in [0.3, 0.4) is 0 Å². The third-order valence-corrected chi connectivity index (χ3v) is 7.94. The van der Waals surface area contributed by atoms with Gasteiger partial charge in [-0.25, -0.2) is 4.98 Å². The van der Waals surface area contributed by atoms with E-state index in [-0.39, 0.29) is 17.9 Å². The molecule has 186 valence electrons. The predicted molar refractivity (Wildman–Crippen MR) is 142 cm³/mol. The van der Waals surface area contributed by atoms with Gasteiger partial charge in [0.05, 0.1) is 33.7 Å². The van der Waals surface area contributed by atoms with Gasteiger partial charge in [-0.2, -0.15) is 0 Å². The van der Waals surface area contributed by atoms with Crippen LogP contribution in [0, 0.1) is 5.92 Å². The molecule has 35 heavy (non-hydrogen) atoms. The summed E-state index contributed by atoms with van der Waals surface area (Å²) in [5, 5.41) is 4.18. The first kappa shape index (κ1) is 24.4. The monoisotopic (exact) mass is 514 g/mol. The highest BCUT2D eigenvalue weighted by molar-refractivity contribution is 6.42. The number of carbonyl (C=O) groups is 1. The molecular formula is C27H32Cl2N4O2. The fraction of sp³-hybridized carbons (Fsp3) is 0.481. The van der Waals surface area contributed by atoms with Crippen LogP contribution in [0.15, 0.2) is 30.3 Å². The number of fused-ring (bicyclic) bond motifs is 1. The summed E-state index contributed by atoms with van der Waals surface area (Å²) in [7, 11) is 0. The van der Waals surface area contributed by atoms with Gasteiger partial charge in [0.1, 0.15) is 0 Å². The molecule has 1 aromatic heterocycles. The van der Waals surface area contributed by atoms with E-state index in [1.165, 1.54) is 11.1 Å². The van der Waals surface area contributed by atoms with Gasteiger partial charge in [0.2, 0.25) is 11.9 Å².